The van der Waals surface area contributed by atoms with Crippen molar-refractivity contribution in [1.29, 1.82) is 0 Å². The summed E-state index contributed by atoms with van der Waals surface area (Å²) in [6, 6.07) is 5.91. The van der Waals surface area contributed by atoms with Gasteiger partial charge in [0.2, 0.25) is 0 Å². The second-order valence-corrected chi connectivity index (χ2v) is 6.53. The summed E-state index contributed by atoms with van der Waals surface area (Å²) in [7, 11) is 3.18. The van der Waals surface area contributed by atoms with Crippen LogP contribution in [0.3, 0.4) is 0 Å². The van der Waals surface area contributed by atoms with Crippen molar-refractivity contribution in [2.75, 3.05) is 24.9 Å². The molecule has 0 radical (unpaired) electrons. The highest BCUT2D eigenvalue weighted by atomic mass is 35.5. The van der Waals surface area contributed by atoms with Crippen LogP contribution in [-0.2, 0) is 0 Å². The molecule has 1 aromatic carbocycles. The molecule has 1 saturated carbocycles. The molecular weight excluding hydrogens is 340 g/mol. The lowest BCUT2D eigenvalue weighted by atomic mass is 10.2. The monoisotopic (exact) mass is 362 g/mol. The lowest BCUT2D eigenvalue weighted by Gasteiger charge is -2.16. The van der Waals surface area contributed by atoms with Crippen molar-refractivity contribution < 1.29 is 9.47 Å². The molecule has 0 unspecified atom stereocenters. The van der Waals surface area contributed by atoms with Gasteiger partial charge in [-0.15, -0.1) is 0 Å². The van der Waals surface area contributed by atoms with Crippen LogP contribution in [0.2, 0.25) is 5.02 Å². The number of aryl methyl sites for hydroxylation is 1. The third kappa shape index (κ3) is 4.25. The summed E-state index contributed by atoms with van der Waals surface area (Å²) in [5, 5.41) is 7.27. The summed E-state index contributed by atoms with van der Waals surface area (Å²) in [6.45, 7) is 1.88. The van der Waals surface area contributed by atoms with Gasteiger partial charge in [-0.05, 0) is 19.8 Å². The Labute approximate surface area is 152 Å². The molecule has 0 atom stereocenters. The second kappa shape index (κ2) is 7.78. The zero-order valence-corrected chi connectivity index (χ0v) is 15.5. The Morgan fingerprint density at radius 3 is 2.36 bits per heavy atom. The van der Waals surface area contributed by atoms with Gasteiger partial charge in [0, 0.05) is 24.2 Å². The maximum atomic E-state index is 6.16. The Hall–Kier alpha value is -2.21. The largest absolute Gasteiger partial charge is 0.495 e. The predicted octanol–water partition coefficient (Wildman–Crippen LogP) is 4.55. The number of ether oxygens (including phenoxy) is 2. The Kier molecular flexibility index (Phi) is 5.48. The molecule has 0 amide bonds. The number of aromatic nitrogens is 2. The number of nitrogens with zero attached hydrogens (tertiary/aromatic N) is 2. The van der Waals surface area contributed by atoms with Crippen molar-refractivity contribution >= 4 is 28.9 Å². The van der Waals surface area contributed by atoms with E-state index in [9.17, 15) is 0 Å². The Bertz CT molecular complexity index is 748. The van der Waals surface area contributed by atoms with E-state index in [4.69, 9.17) is 21.1 Å². The molecule has 2 N–H and O–H groups in total. The summed E-state index contributed by atoms with van der Waals surface area (Å²) in [5.41, 5.74) is 0.730. The average Bonchev–Trinajstić information content (AvgIpc) is 3.08. The normalized spacial score (nSPS) is 14.4. The quantitative estimate of drug-likeness (QED) is 0.785. The molecule has 1 aliphatic carbocycles. The van der Waals surface area contributed by atoms with Crippen molar-refractivity contribution in [3.63, 3.8) is 0 Å². The van der Waals surface area contributed by atoms with E-state index in [2.05, 4.69) is 20.6 Å². The Morgan fingerprint density at radius 2 is 1.68 bits per heavy atom. The maximum absolute atomic E-state index is 6.16. The summed E-state index contributed by atoms with van der Waals surface area (Å²) in [5.74, 6) is 3.41. The van der Waals surface area contributed by atoms with Gasteiger partial charge in [0.05, 0.1) is 24.9 Å². The van der Waals surface area contributed by atoms with Gasteiger partial charge >= 0.3 is 0 Å². The molecule has 134 valence electrons. The van der Waals surface area contributed by atoms with Crippen molar-refractivity contribution in [2.24, 2.45) is 0 Å². The molecule has 1 fully saturated rings. The lowest BCUT2D eigenvalue weighted by molar-refractivity contribution is 0.405. The second-order valence-electron chi connectivity index (χ2n) is 6.12. The molecule has 1 aromatic heterocycles. The van der Waals surface area contributed by atoms with E-state index in [0.29, 0.717) is 34.2 Å². The molecule has 2 aromatic rings. The molecule has 1 heterocycles. The molecule has 0 saturated heterocycles. The van der Waals surface area contributed by atoms with E-state index >= 15 is 0 Å². The molecule has 0 spiro atoms. The third-order valence-electron chi connectivity index (χ3n) is 4.28. The van der Waals surface area contributed by atoms with Gasteiger partial charge in [-0.3, -0.25) is 0 Å². The first kappa shape index (κ1) is 17.6. The molecule has 7 heteroatoms. The Balaban J connectivity index is 1.85. The van der Waals surface area contributed by atoms with Gasteiger partial charge in [-0.2, -0.15) is 0 Å². The minimum Gasteiger partial charge on any atom is -0.495 e. The number of halogens is 1. The molecule has 6 nitrogen and oxygen atoms in total. The van der Waals surface area contributed by atoms with Gasteiger partial charge in [0.15, 0.2) is 0 Å². The maximum Gasteiger partial charge on any atom is 0.144 e. The number of hydrogen-bond acceptors (Lipinski definition) is 6. The number of benzene rings is 1. The van der Waals surface area contributed by atoms with Crippen molar-refractivity contribution in [3.05, 3.63) is 29.0 Å². The van der Waals surface area contributed by atoms with Crippen LogP contribution in [-0.4, -0.2) is 30.2 Å². The van der Waals surface area contributed by atoms with E-state index in [0.717, 1.165) is 11.5 Å². The topological polar surface area (TPSA) is 68.3 Å². The van der Waals surface area contributed by atoms with Gasteiger partial charge in [0.25, 0.3) is 0 Å². The van der Waals surface area contributed by atoms with Gasteiger partial charge < -0.3 is 20.1 Å². The van der Waals surface area contributed by atoms with Crippen LogP contribution in [0.1, 0.15) is 31.5 Å². The van der Waals surface area contributed by atoms with Gasteiger partial charge in [0.1, 0.15) is 29.0 Å². The van der Waals surface area contributed by atoms with Crippen LogP contribution in [0.15, 0.2) is 18.2 Å². The molecule has 25 heavy (non-hydrogen) atoms. The predicted molar refractivity (Wildman–Crippen MR) is 100 cm³/mol. The number of anilines is 3. The fraction of sp³-hybridized carbons (Fsp3) is 0.444. The van der Waals surface area contributed by atoms with E-state index in [1.54, 1.807) is 26.4 Å². The van der Waals surface area contributed by atoms with Crippen LogP contribution in [0, 0.1) is 6.92 Å². The van der Waals surface area contributed by atoms with Crippen LogP contribution in [0.25, 0.3) is 0 Å². The zero-order valence-electron chi connectivity index (χ0n) is 14.7. The third-order valence-corrected chi connectivity index (χ3v) is 4.58. The molecule has 0 aliphatic heterocycles. The number of methoxy groups -OCH3 is 2. The summed E-state index contributed by atoms with van der Waals surface area (Å²) >= 11 is 6.16. The smallest absolute Gasteiger partial charge is 0.144 e. The standard InChI is InChI=1S/C18H23ClN4O2/c1-11-20-17(22-12-6-4-5-7-12)10-18(21-11)23-14-9-15(24-2)13(19)8-16(14)25-3/h8-10,12H,4-7H2,1-3H3,(H2,20,21,22,23). The first-order valence-electron chi connectivity index (χ1n) is 8.40. The number of rotatable bonds is 6. The molecular formula is C18H23ClN4O2. The van der Waals surface area contributed by atoms with E-state index in [1.807, 2.05) is 13.0 Å². The number of nitrogens with one attached hydrogen (secondary N) is 2. The fourth-order valence-corrected chi connectivity index (χ4v) is 3.31. The summed E-state index contributed by atoms with van der Waals surface area (Å²) in [6.07, 6.45) is 4.92. The molecule has 3 rings (SSSR count). The number of hydrogen-bond donors (Lipinski definition) is 2. The average molecular weight is 363 g/mol. The fourth-order valence-electron chi connectivity index (χ4n) is 3.08. The highest BCUT2D eigenvalue weighted by Gasteiger charge is 2.16. The van der Waals surface area contributed by atoms with E-state index in [-0.39, 0.29) is 0 Å². The first-order chi connectivity index (χ1) is 12.1. The molecule has 0 bridgehead atoms. The van der Waals surface area contributed by atoms with Gasteiger partial charge in [-0.25, -0.2) is 9.97 Å². The zero-order chi connectivity index (χ0) is 17.8. The lowest BCUT2D eigenvalue weighted by Crippen LogP contribution is -2.16. The van der Waals surface area contributed by atoms with Crippen LogP contribution < -0.4 is 20.1 Å². The van der Waals surface area contributed by atoms with Crippen LogP contribution >= 0.6 is 11.6 Å². The Morgan fingerprint density at radius 1 is 1.00 bits per heavy atom. The van der Waals surface area contributed by atoms with Crippen LogP contribution in [0.5, 0.6) is 11.5 Å². The highest BCUT2D eigenvalue weighted by molar-refractivity contribution is 6.32. The van der Waals surface area contributed by atoms with E-state index in [1.165, 1.54) is 25.7 Å². The van der Waals surface area contributed by atoms with Crippen molar-refractivity contribution in [1.82, 2.24) is 9.97 Å². The highest BCUT2D eigenvalue weighted by Crippen LogP contribution is 2.37. The summed E-state index contributed by atoms with van der Waals surface area (Å²) < 4.78 is 10.7. The van der Waals surface area contributed by atoms with Crippen molar-refractivity contribution in [3.8, 4) is 11.5 Å². The first-order valence-corrected chi connectivity index (χ1v) is 8.77. The minimum absolute atomic E-state index is 0.493. The SMILES string of the molecule is COc1cc(Nc2cc(NC3CCCC3)nc(C)n2)c(OC)cc1Cl. The van der Waals surface area contributed by atoms with Gasteiger partial charge in [-0.1, -0.05) is 24.4 Å². The van der Waals surface area contributed by atoms with Crippen molar-refractivity contribution in [2.45, 2.75) is 38.6 Å². The molecule has 1 aliphatic rings. The van der Waals surface area contributed by atoms with Crippen LogP contribution in [0.4, 0.5) is 17.3 Å². The summed E-state index contributed by atoms with van der Waals surface area (Å²) in [4.78, 5) is 8.96. The van der Waals surface area contributed by atoms with E-state index < -0.39 is 0 Å². The minimum atomic E-state index is 0.493.